The molecule has 64 valence electrons. The molecule has 2 nitrogen and oxygen atoms in total. The minimum Gasteiger partial charge on any atom is -0.399 e. The summed E-state index contributed by atoms with van der Waals surface area (Å²) in [5.74, 6) is 0.656. The van der Waals surface area contributed by atoms with Gasteiger partial charge in [0.25, 0.3) is 0 Å². The van der Waals surface area contributed by atoms with Gasteiger partial charge >= 0.3 is 0 Å². The Balaban J connectivity index is 2.42. The number of rotatable bonds is 1. The molecule has 0 amide bonds. The van der Waals surface area contributed by atoms with Gasteiger partial charge in [0, 0.05) is 23.8 Å². The van der Waals surface area contributed by atoms with Crippen LogP contribution in [0.3, 0.4) is 0 Å². The molecule has 1 aliphatic rings. The van der Waals surface area contributed by atoms with Crippen LogP contribution in [0.25, 0.3) is 0 Å². The van der Waals surface area contributed by atoms with Gasteiger partial charge in [0.2, 0.25) is 0 Å². The minimum atomic E-state index is 0.656. The van der Waals surface area contributed by atoms with Crippen molar-refractivity contribution in [3.8, 4) is 0 Å². The third-order valence-corrected chi connectivity index (χ3v) is 2.55. The quantitative estimate of drug-likeness (QED) is 0.621. The van der Waals surface area contributed by atoms with E-state index in [2.05, 4.69) is 24.4 Å². The normalized spacial score (nSPS) is 20.2. The zero-order valence-electron chi connectivity index (χ0n) is 7.30. The second-order valence-electron chi connectivity index (χ2n) is 3.33. The van der Waals surface area contributed by atoms with Crippen LogP contribution in [-0.2, 0) is 0 Å². The van der Waals surface area contributed by atoms with Crippen LogP contribution in [0.15, 0.2) is 18.2 Å². The number of nitrogens with two attached hydrogens (primary N) is 1. The molecule has 0 radical (unpaired) electrons. The molecule has 3 N–H and O–H groups in total. The van der Waals surface area contributed by atoms with Crippen molar-refractivity contribution in [1.82, 2.24) is 0 Å². The maximum atomic E-state index is 5.72. The van der Waals surface area contributed by atoms with Gasteiger partial charge in [-0.2, -0.15) is 0 Å². The van der Waals surface area contributed by atoms with E-state index in [9.17, 15) is 0 Å². The van der Waals surface area contributed by atoms with Crippen LogP contribution in [0.1, 0.15) is 24.8 Å². The average molecular weight is 162 g/mol. The molecule has 2 heteroatoms. The summed E-state index contributed by atoms with van der Waals surface area (Å²) in [4.78, 5) is 0. The van der Waals surface area contributed by atoms with Crippen LogP contribution in [-0.4, -0.2) is 6.54 Å². The molecule has 1 aromatic rings. The highest BCUT2D eigenvalue weighted by Crippen LogP contribution is 2.34. The third kappa shape index (κ3) is 1.04. The molecule has 1 heterocycles. The Bertz CT molecular complexity index is 294. The van der Waals surface area contributed by atoms with Crippen molar-refractivity contribution >= 4 is 11.4 Å². The molecule has 0 saturated carbocycles. The standard InChI is InChI=1S/C10H14N2/c1-2-7-6-12-10-4-3-8(11)5-9(7)10/h3-5,7,12H,2,6,11H2,1H3. The molecule has 2 rings (SSSR count). The number of anilines is 2. The summed E-state index contributed by atoms with van der Waals surface area (Å²) >= 11 is 0. The Kier molecular flexibility index (Phi) is 1.68. The van der Waals surface area contributed by atoms with Crippen molar-refractivity contribution in [2.24, 2.45) is 0 Å². The number of nitrogen functional groups attached to an aromatic ring is 1. The van der Waals surface area contributed by atoms with Gasteiger partial charge in [-0.1, -0.05) is 6.92 Å². The number of hydrogen-bond donors (Lipinski definition) is 2. The largest absolute Gasteiger partial charge is 0.399 e. The van der Waals surface area contributed by atoms with E-state index in [1.54, 1.807) is 0 Å². The zero-order chi connectivity index (χ0) is 8.55. The van der Waals surface area contributed by atoms with E-state index in [1.807, 2.05) is 6.07 Å². The summed E-state index contributed by atoms with van der Waals surface area (Å²) in [5.41, 5.74) is 9.24. The number of fused-ring (bicyclic) bond motifs is 1. The average Bonchev–Trinajstić information content (AvgIpc) is 2.46. The molecule has 0 fully saturated rings. The van der Waals surface area contributed by atoms with Crippen LogP contribution < -0.4 is 11.1 Å². The van der Waals surface area contributed by atoms with Crippen molar-refractivity contribution in [3.05, 3.63) is 23.8 Å². The maximum Gasteiger partial charge on any atom is 0.0377 e. The lowest BCUT2D eigenvalue weighted by Crippen LogP contribution is -1.99. The van der Waals surface area contributed by atoms with Crippen LogP contribution in [0.5, 0.6) is 0 Å². The molecule has 0 saturated heterocycles. The fourth-order valence-electron chi connectivity index (χ4n) is 1.79. The molecule has 0 spiro atoms. The fraction of sp³-hybridized carbons (Fsp3) is 0.400. The molecule has 1 aliphatic heterocycles. The molecular weight excluding hydrogens is 148 g/mol. The highest BCUT2D eigenvalue weighted by Gasteiger charge is 2.19. The van der Waals surface area contributed by atoms with Gasteiger partial charge in [-0.25, -0.2) is 0 Å². The number of benzene rings is 1. The van der Waals surface area contributed by atoms with E-state index in [1.165, 1.54) is 17.7 Å². The van der Waals surface area contributed by atoms with E-state index in [0.29, 0.717) is 5.92 Å². The van der Waals surface area contributed by atoms with Crippen molar-refractivity contribution in [2.45, 2.75) is 19.3 Å². The predicted octanol–water partition coefficient (Wildman–Crippen LogP) is 2.19. The Morgan fingerprint density at radius 3 is 3.17 bits per heavy atom. The van der Waals surface area contributed by atoms with Gasteiger partial charge in [0.15, 0.2) is 0 Å². The van der Waals surface area contributed by atoms with E-state index >= 15 is 0 Å². The smallest absolute Gasteiger partial charge is 0.0377 e. The lowest BCUT2D eigenvalue weighted by Gasteiger charge is -2.05. The van der Waals surface area contributed by atoms with Crippen molar-refractivity contribution in [3.63, 3.8) is 0 Å². The number of nitrogens with one attached hydrogen (secondary N) is 1. The maximum absolute atomic E-state index is 5.72. The molecule has 1 atom stereocenters. The first kappa shape index (κ1) is 7.47. The first-order valence-corrected chi connectivity index (χ1v) is 4.44. The highest BCUT2D eigenvalue weighted by atomic mass is 14.9. The zero-order valence-corrected chi connectivity index (χ0v) is 7.30. The summed E-state index contributed by atoms with van der Waals surface area (Å²) in [6, 6.07) is 6.10. The highest BCUT2D eigenvalue weighted by molar-refractivity contribution is 5.62. The van der Waals surface area contributed by atoms with E-state index in [4.69, 9.17) is 5.73 Å². The number of hydrogen-bond acceptors (Lipinski definition) is 2. The summed E-state index contributed by atoms with van der Waals surface area (Å²) in [5, 5.41) is 3.37. The van der Waals surface area contributed by atoms with Gasteiger partial charge in [0.1, 0.15) is 0 Å². The van der Waals surface area contributed by atoms with Crippen LogP contribution in [0.4, 0.5) is 11.4 Å². The molecule has 0 aliphatic carbocycles. The Labute approximate surface area is 72.8 Å². The summed E-state index contributed by atoms with van der Waals surface area (Å²) in [6.45, 7) is 3.28. The lowest BCUT2D eigenvalue weighted by atomic mass is 9.98. The molecule has 0 aromatic heterocycles. The molecule has 1 unspecified atom stereocenters. The first-order chi connectivity index (χ1) is 5.81. The van der Waals surface area contributed by atoms with Crippen molar-refractivity contribution < 1.29 is 0 Å². The first-order valence-electron chi connectivity index (χ1n) is 4.44. The van der Waals surface area contributed by atoms with Gasteiger partial charge in [-0.05, 0) is 30.2 Å². The molecule has 12 heavy (non-hydrogen) atoms. The third-order valence-electron chi connectivity index (χ3n) is 2.55. The van der Waals surface area contributed by atoms with Crippen molar-refractivity contribution in [2.75, 3.05) is 17.6 Å². The topological polar surface area (TPSA) is 38.0 Å². The fourth-order valence-corrected chi connectivity index (χ4v) is 1.79. The van der Waals surface area contributed by atoms with E-state index in [0.717, 1.165) is 12.2 Å². The second kappa shape index (κ2) is 2.70. The molecular formula is C10H14N2. The van der Waals surface area contributed by atoms with E-state index in [-0.39, 0.29) is 0 Å². The predicted molar refractivity (Wildman–Crippen MR) is 52.4 cm³/mol. The van der Waals surface area contributed by atoms with Gasteiger partial charge < -0.3 is 11.1 Å². The lowest BCUT2D eigenvalue weighted by molar-refractivity contribution is 0.727. The van der Waals surface area contributed by atoms with Crippen LogP contribution >= 0.6 is 0 Å². The second-order valence-corrected chi connectivity index (χ2v) is 3.33. The van der Waals surface area contributed by atoms with Gasteiger partial charge in [-0.3, -0.25) is 0 Å². The summed E-state index contributed by atoms with van der Waals surface area (Å²) in [7, 11) is 0. The van der Waals surface area contributed by atoms with Gasteiger partial charge in [0.05, 0.1) is 0 Å². The minimum absolute atomic E-state index is 0.656. The van der Waals surface area contributed by atoms with Gasteiger partial charge in [-0.15, -0.1) is 0 Å². The molecule has 1 aromatic carbocycles. The van der Waals surface area contributed by atoms with E-state index < -0.39 is 0 Å². The Morgan fingerprint density at radius 2 is 2.42 bits per heavy atom. The van der Waals surface area contributed by atoms with Crippen LogP contribution in [0.2, 0.25) is 0 Å². The Morgan fingerprint density at radius 1 is 1.58 bits per heavy atom. The summed E-state index contributed by atoms with van der Waals surface area (Å²) in [6.07, 6.45) is 1.18. The SMILES string of the molecule is CCC1CNc2ccc(N)cc21. The molecule has 0 bridgehead atoms. The Hall–Kier alpha value is -1.18. The van der Waals surface area contributed by atoms with Crippen molar-refractivity contribution in [1.29, 1.82) is 0 Å². The summed E-state index contributed by atoms with van der Waals surface area (Å²) < 4.78 is 0. The van der Waals surface area contributed by atoms with Crippen LogP contribution in [0, 0.1) is 0 Å². The monoisotopic (exact) mass is 162 g/mol.